The number of rotatable bonds is 7. The van der Waals surface area contributed by atoms with Crippen molar-refractivity contribution in [3.63, 3.8) is 0 Å². The average Bonchev–Trinajstić information content (AvgIpc) is 2.51. The number of hydrogen-bond donors (Lipinski definition) is 2. The molecule has 0 spiro atoms. The second-order valence-electron chi connectivity index (χ2n) is 5.84. The summed E-state index contributed by atoms with van der Waals surface area (Å²) in [5, 5.41) is 3.63. The number of benzene rings is 1. The Morgan fingerprint density at radius 2 is 2.00 bits per heavy atom. The fourth-order valence-electron chi connectivity index (χ4n) is 2.66. The molecule has 0 aliphatic heterocycles. The van der Waals surface area contributed by atoms with E-state index in [1.165, 1.54) is 32.1 Å². The first-order valence-electron chi connectivity index (χ1n) is 7.92. The van der Waals surface area contributed by atoms with Crippen molar-refractivity contribution >= 4 is 33.4 Å². The molecule has 23 heavy (non-hydrogen) atoms. The van der Waals surface area contributed by atoms with Gasteiger partial charge < -0.3 is 5.32 Å². The summed E-state index contributed by atoms with van der Waals surface area (Å²) in [4.78, 5) is 12.1. The van der Waals surface area contributed by atoms with Crippen molar-refractivity contribution in [2.24, 2.45) is 0 Å². The Bertz CT molecular complexity index is 626. The quantitative estimate of drug-likeness (QED) is 0.737. The molecule has 1 amide bonds. The van der Waals surface area contributed by atoms with Crippen LogP contribution in [0.4, 0.5) is 5.69 Å². The van der Waals surface area contributed by atoms with Gasteiger partial charge in [-0.3, -0.25) is 9.52 Å². The van der Waals surface area contributed by atoms with E-state index < -0.39 is 10.0 Å². The molecular formula is C16H24N2O3S2. The molecule has 128 valence electrons. The Hall–Kier alpha value is -1.21. The summed E-state index contributed by atoms with van der Waals surface area (Å²) < 4.78 is 24.8. The molecule has 5 nitrogen and oxygen atoms in total. The predicted molar refractivity (Wildman–Crippen MR) is 96.6 cm³/mol. The van der Waals surface area contributed by atoms with Gasteiger partial charge in [-0.05, 0) is 31.0 Å². The highest BCUT2D eigenvalue weighted by atomic mass is 32.2. The lowest BCUT2D eigenvalue weighted by Crippen LogP contribution is -2.26. The van der Waals surface area contributed by atoms with Gasteiger partial charge in [0.2, 0.25) is 10.0 Å². The molecular weight excluding hydrogens is 332 g/mol. The Balaban J connectivity index is 1.77. The van der Waals surface area contributed by atoms with Gasteiger partial charge in [0.1, 0.15) is 0 Å². The van der Waals surface area contributed by atoms with E-state index in [0.717, 1.165) is 17.3 Å². The topological polar surface area (TPSA) is 75.3 Å². The van der Waals surface area contributed by atoms with Gasteiger partial charge in [-0.15, -0.1) is 0 Å². The second kappa shape index (κ2) is 8.59. The largest absolute Gasteiger partial charge is 0.351 e. The van der Waals surface area contributed by atoms with E-state index in [4.69, 9.17) is 0 Å². The molecule has 1 aliphatic rings. The first-order chi connectivity index (χ1) is 10.9. The van der Waals surface area contributed by atoms with Gasteiger partial charge in [-0.25, -0.2) is 8.42 Å². The molecule has 0 atom stereocenters. The van der Waals surface area contributed by atoms with E-state index in [1.807, 2.05) is 11.8 Å². The molecule has 0 bridgehead atoms. The number of sulfonamides is 1. The number of anilines is 1. The molecule has 0 unspecified atom stereocenters. The lowest BCUT2D eigenvalue weighted by atomic mass is 10.0. The van der Waals surface area contributed by atoms with Crippen molar-refractivity contribution < 1.29 is 13.2 Å². The van der Waals surface area contributed by atoms with Crippen LogP contribution in [-0.2, 0) is 10.0 Å². The molecule has 2 rings (SSSR count). The van der Waals surface area contributed by atoms with Crippen LogP contribution in [0.5, 0.6) is 0 Å². The Morgan fingerprint density at radius 3 is 2.70 bits per heavy atom. The number of amides is 1. The van der Waals surface area contributed by atoms with Crippen LogP contribution in [0.2, 0.25) is 0 Å². The van der Waals surface area contributed by atoms with Crippen molar-refractivity contribution in [3.8, 4) is 0 Å². The van der Waals surface area contributed by atoms with E-state index >= 15 is 0 Å². The second-order valence-corrected chi connectivity index (χ2v) is 9.00. The molecule has 2 N–H and O–H groups in total. The van der Waals surface area contributed by atoms with Crippen LogP contribution in [-0.4, -0.2) is 38.1 Å². The summed E-state index contributed by atoms with van der Waals surface area (Å²) in [5.74, 6) is 0.740. The zero-order valence-electron chi connectivity index (χ0n) is 13.4. The molecule has 1 fully saturated rings. The van der Waals surface area contributed by atoms with Crippen molar-refractivity contribution in [2.45, 2.75) is 37.4 Å². The zero-order chi connectivity index (χ0) is 16.7. The van der Waals surface area contributed by atoms with Crippen LogP contribution in [0, 0.1) is 0 Å². The van der Waals surface area contributed by atoms with Gasteiger partial charge in [0.05, 0.1) is 6.26 Å². The summed E-state index contributed by atoms with van der Waals surface area (Å²) in [7, 11) is -3.34. The van der Waals surface area contributed by atoms with Crippen molar-refractivity contribution in [2.75, 3.05) is 23.3 Å². The summed E-state index contributed by atoms with van der Waals surface area (Å²) in [5.41, 5.74) is 0.859. The van der Waals surface area contributed by atoms with Gasteiger partial charge in [0.25, 0.3) is 5.91 Å². The molecule has 1 aliphatic carbocycles. The minimum absolute atomic E-state index is 0.175. The summed E-state index contributed by atoms with van der Waals surface area (Å²) in [6, 6.07) is 6.51. The van der Waals surface area contributed by atoms with Crippen molar-refractivity contribution in [3.05, 3.63) is 29.8 Å². The molecule has 1 saturated carbocycles. The fraction of sp³-hybridized carbons (Fsp3) is 0.562. The number of nitrogens with one attached hydrogen (secondary N) is 2. The highest BCUT2D eigenvalue weighted by Gasteiger charge is 2.13. The summed E-state index contributed by atoms with van der Waals surface area (Å²) in [6.45, 7) is 0.629. The van der Waals surface area contributed by atoms with E-state index in [2.05, 4.69) is 10.0 Å². The van der Waals surface area contributed by atoms with Crippen LogP contribution in [0.15, 0.2) is 24.3 Å². The molecule has 7 heteroatoms. The standard InChI is InChI=1S/C16H24N2O3S2/c1-23(20,21)18-14-7-5-6-13(12-14)16(19)17-10-11-22-15-8-3-2-4-9-15/h5-7,12,15,18H,2-4,8-11H2,1H3,(H,17,19). The normalized spacial score (nSPS) is 16.0. The third kappa shape index (κ3) is 6.83. The van der Waals surface area contributed by atoms with Gasteiger partial charge >= 0.3 is 0 Å². The van der Waals surface area contributed by atoms with Gasteiger partial charge in [0, 0.05) is 28.8 Å². The predicted octanol–water partition coefficient (Wildman–Crippen LogP) is 2.85. The van der Waals surface area contributed by atoms with E-state index in [1.54, 1.807) is 24.3 Å². The van der Waals surface area contributed by atoms with E-state index in [9.17, 15) is 13.2 Å². The van der Waals surface area contributed by atoms with Crippen LogP contribution in [0.25, 0.3) is 0 Å². The van der Waals surface area contributed by atoms with Crippen molar-refractivity contribution in [1.29, 1.82) is 0 Å². The number of carbonyl (C=O) groups is 1. The smallest absolute Gasteiger partial charge is 0.251 e. The maximum Gasteiger partial charge on any atom is 0.251 e. The number of thioether (sulfide) groups is 1. The Morgan fingerprint density at radius 1 is 1.26 bits per heavy atom. The maximum atomic E-state index is 12.1. The third-order valence-corrected chi connectivity index (χ3v) is 5.71. The van der Waals surface area contributed by atoms with Crippen LogP contribution in [0.1, 0.15) is 42.5 Å². The molecule has 1 aromatic rings. The zero-order valence-corrected chi connectivity index (χ0v) is 15.0. The lowest BCUT2D eigenvalue weighted by molar-refractivity contribution is 0.0956. The number of hydrogen-bond acceptors (Lipinski definition) is 4. The van der Waals surface area contributed by atoms with Gasteiger partial charge in [0.15, 0.2) is 0 Å². The lowest BCUT2D eigenvalue weighted by Gasteiger charge is -2.20. The Labute approximate surface area is 142 Å². The van der Waals surface area contributed by atoms with Crippen molar-refractivity contribution in [1.82, 2.24) is 5.32 Å². The van der Waals surface area contributed by atoms with Crippen LogP contribution >= 0.6 is 11.8 Å². The van der Waals surface area contributed by atoms with Crippen LogP contribution in [0.3, 0.4) is 0 Å². The third-order valence-electron chi connectivity index (χ3n) is 3.72. The van der Waals surface area contributed by atoms with E-state index in [0.29, 0.717) is 17.8 Å². The average molecular weight is 357 g/mol. The SMILES string of the molecule is CS(=O)(=O)Nc1cccc(C(=O)NCCSC2CCCCC2)c1. The summed E-state index contributed by atoms with van der Waals surface area (Å²) in [6.07, 6.45) is 7.66. The molecule has 0 radical (unpaired) electrons. The molecule has 0 aromatic heterocycles. The summed E-state index contributed by atoms with van der Waals surface area (Å²) >= 11 is 1.94. The monoisotopic (exact) mass is 356 g/mol. The first-order valence-corrected chi connectivity index (χ1v) is 10.9. The minimum atomic E-state index is -3.34. The number of carbonyl (C=O) groups excluding carboxylic acids is 1. The minimum Gasteiger partial charge on any atom is -0.351 e. The first kappa shape index (κ1) is 18.1. The van der Waals surface area contributed by atoms with Gasteiger partial charge in [-0.2, -0.15) is 11.8 Å². The molecule has 0 heterocycles. The maximum absolute atomic E-state index is 12.1. The highest BCUT2D eigenvalue weighted by Crippen LogP contribution is 2.27. The Kier molecular flexibility index (Phi) is 6.77. The fourth-order valence-corrected chi connectivity index (χ4v) is 4.44. The van der Waals surface area contributed by atoms with Gasteiger partial charge in [-0.1, -0.05) is 25.3 Å². The molecule has 1 aromatic carbocycles. The van der Waals surface area contributed by atoms with Crippen LogP contribution < -0.4 is 10.0 Å². The van der Waals surface area contributed by atoms with E-state index in [-0.39, 0.29) is 5.91 Å². The highest BCUT2D eigenvalue weighted by molar-refractivity contribution is 7.99. The molecule has 0 saturated heterocycles.